The molecule has 1 aromatic heterocycles. The average molecular weight is 450 g/mol. The van der Waals surface area contributed by atoms with Gasteiger partial charge in [0.25, 0.3) is 0 Å². The first-order valence-corrected chi connectivity index (χ1v) is 10.2. The molecule has 9 heteroatoms. The molecule has 0 aromatic carbocycles. The van der Waals surface area contributed by atoms with Crippen LogP contribution in [0.3, 0.4) is 0 Å². The first-order chi connectivity index (χ1) is 12.0. The number of amides is 2. The van der Waals surface area contributed by atoms with Crippen molar-refractivity contribution in [3.8, 4) is 0 Å². The SMILES string of the molecule is CC(C)(C)OC(=O)N1CCCC[C@H]1c1ncc(Br)s1.CC(C)OC(N)=O. The van der Waals surface area contributed by atoms with Crippen LogP contribution in [-0.2, 0) is 9.47 Å². The lowest BCUT2D eigenvalue weighted by Gasteiger charge is -2.35. The average Bonchev–Trinajstić information content (AvgIpc) is 2.91. The highest BCUT2D eigenvalue weighted by Gasteiger charge is 2.32. The third kappa shape index (κ3) is 8.35. The van der Waals surface area contributed by atoms with Crippen LogP contribution in [0.4, 0.5) is 9.59 Å². The standard InChI is InChI=1S/C13H19BrN2O2S.C4H9NO2/c1-13(2,3)18-12(17)16-7-5-4-6-9(16)11-15-8-10(14)19-11;1-3(2)7-4(5)6/h8-9H,4-7H2,1-3H3;3H,1-2H3,(H2,5,6)/t9-;/m0./s1. The molecule has 7 nitrogen and oxygen atoms in total. The van der Waals surface area contributed by atoms with E-state index < -0.39 is 11.7 Å². The molecule has 1 aromatic rings. The Morgan fingerprint density at radius 3 is 2.46 bits per heavy atom. The number of ether oxygens (including phenoxy) is 2. The largest absolute Gasteiger partial charge is 0.447 e. The van der Waals surface area contributed by atoms with Crippen LogP contribution in [0.5, 0.6) is 0 Å². The quantitative estimate of drug-likeness (QED) is 0.695. The minimum absolute atomic E-state index is 0.0555. The van der Waals surface area contributed by atoms with E-state index in [1.807, 2.05) is 25.7 Å². The molecule has 2 rings (SSSR count). The molecule has 1 aliphatic heterocycles. The number of piperidine rings is 1. The van der Waals surface area contributed by atoms with E-state index in [-0.39, 0.29) is 18.2 Å². The molecule has 148 valence electrons. The maximum Gasteiger partial charge on any atom is 0.410 e. The van der Waals surface area contributed by atoms with Gasteiger partial charge in [-0.2, -0.15) is 0 Å². The van der Waals surface area contributed by atoms with Gasteiger partial charge >= 0.3 is 12.2 Å². The molecule has 26 heavy (non-hydrogen) atoms. The number of halogens is 1. The molecule has 2 amide bonds. The second-order valence-electron chi connectivity index (χ2n) is 7.17. The van der Waals surface area contributed by atoms with Gasteiger partial charge in [-0.3, -0.25) is 4.90 Å². The van der Waals surface area contributed by atoms with Gasteiger partial charge in [0, 0.05) is 6.54 Å². The molecule has 0 unspecified atom stereocenters. The summed E-state index contributed by atoms with van der Waals surface area (Å²) < 4.78 is 10.9. The molecule has 0 saturated carbocycles. The van der Waals surface area contributed by atoms with Crippen molar-refractivity contribution < 1.29 is 19.1 Å². The van der Waals surface area contributed by atoms with E-state index in [0.29, 0.717) is 0 Å². The highest BCUT2D eigenvalue weighted by Crippen LogP contribution is 2.35. The number of thiazole rings is 1. The molecule has 0 spiro atoms. The number of carbonyl (C=O) groups excluding carboxylic acids is 2. The zero-order valence-corrected chi connectivity index (χ0v) is 18.4. The first kappa shape index (κ1) is 22.7. The molecule has 2 heterocycles. The summed E-state index contributed by atoms with van der Waals surface area (Å²) in [5.41, 5.74) is 4.18. The molecule has 2 N–H and O–H groups in total. The van der Waals surface area contributed by atoms with Crippen molar-refractivity contribution in [3.63, 3.8) is 0 Å². The Bertz CT molecular complexity index is 601. The van der Waals surface area contributed by atoms with Crippen molar-refractivity contribution in [3.05, 3.63) is 15.0 Å². The summed E-state index contributed by atoms with van der Waals surface area (Å²) in [4.78, 5) is 28.3. The van der Waals surface area contributed by atoms with E-state index in [9.17, 15) is 9.59 Å². The van der Waals surface area contributed by atoms with E-state index >= 15 is 0 Å². The minimum Gasteiger partial charge on any atom is -0.447 e. The second kappa shape index (κ2) is 10.1. The third-order valence-electron chi connectivity index (χ3n) is 3.26. The van der Waals surface area contributed by atoms with Crippen molar-refractivity contribution in [2.45, 2.75) is 71.6 Å². The lowest BCUT2D eigenvalue weighted by Crippen LogP contribution is -2.41. The van der Waals surface area contributed by atoms with Gasteiger partial charge in [-0.25, -0.2) is 14.6 Å². The van der Waals surface area contributed by atoms with E-state index in [1.54, 1.807) is 31.4 Å². The normalized spacial score (nSPS) is 17.3. The monoisotopic (exact) mass is 449 g/mol. The predicted molar refractivity (Wildman–Crippen MR) is 105 cm³/mol. The maximum absolute atomic E-state index is 12.3. The number of aromatic nitrogens is 1. The van der Waals surface area contributed by atoms with Crippen molar-refractivity contribution in [1.82, 2.24) is 9.88 Å². The van der Waals surface area contributed by atoms with Crippen LogP contribution in [0.15, 0.2) is 9.98 Å². The van der Waals surface area contributed by atoms with E-state index in [1.165, 1.54) is 0 Å². The van der Waals surface area contributed by atoms with Gasteiger partial charge in [0.15, 0.2) is 0 Å². The van der Waals surface area contributed by atoms with Gasteiger partial charge in [0.05, 0.1) is 22.1 Å². The van der Waals surface area contributed by atoms with Gasteiger partial charge in [-0.15, -0.1) is 11.3 Å². The van der Waals surface area contributed by atoms with Gasteiger partial charge in [-0.05, 0) is 69.8 Å². The molecule has 0 radical (unpaired) electrons. The summed E-state index contributed by atoms with van der Waals surface area (Å²) in [6.45, 7) is 9.91. The Morgan fingerprint density at radius 2 is 2.04 bits per heavy atom. The zero-order chi connectivity index (χ0) is 19.9. The van der Waals surface area contributed by atoms with E-state index in [2.05, 4.69) is 31.4 Å². The first-order valence-electron chi connectivity index (χ1n) is 8.56. The predicted octanol–water partition coefficient (Wildman–Crippen LogP) is 4.86. The number of hydrogen-bond acceptors (Lipinski definition) is 6. The zero-order valence-electron chi connectivity index (χ0n) is 16.0. The molecular formula is C17H28BrN3O4S. The highest BCUT2D eigenvalue weighted by atomic mass is 79.9. The molecule has 0 bridgehead atoms. The van der Waals surface area contributed by atoms with E-state index in [0.717, 1.165) is 34.6 Å². The fourth-order valence-electron chi connectivity index (χ4n) is 2.38. The highest BCUT2D eigenvalue weighted by molar-refractivity contribution is 9.11. The topological polar surface area (TPSA) is 94.8 Å². The third-order valence-corrected chi connectivity index (χ3v) is 4.84. The van der Waals surface area contributed by atoms with Crippen molar-refractivity contribution >= 4 is 39.5 Å². The number of likely N-dealkylation sites (tertiary alicyclic amines) is 1. The summed E-state index contributed by atoms with van der Waals surface area (Å²) in [5.74, 6) is 0. The van der Waals surface area contributed by atoms with Crippen LogP contribution in [0.2, 0.25) is 0 Å². The summed E-state index contributed by atoms with van der Waals surface area (Å²) in [7, 11) is 0. The molecule has 1 saturated heterocycles. The molecule has 1 aliphatic rings. The van der Waals surface area contributed by atoms with Gasteiger partial charge in [0.2, 0.25) is 0 Å². The summed E-state index contributed by atoms with van der Waals surface area (Å²) in [6.07, 6.45) is 3.86. The Morgan fingerprint density at radius 1 is 1.38 bits per heavy atom. The van der Waals surface area contributed by atoms with E-state index in [4.69, 9.17) is 4.74 Å². The smallest absolute Gasteiger partial charge is 0.410 e. The number of rotatable bonds is 2. The Labute approximate surface area is 167 Å². The summed E-state index contributed by atoms with van der Waals surface area (Å²) >= 11 is 5.02. The van der Waals surface area contributed by atoms with Gasteiger partial charge < -0.3 is 15.2 Å². The van der Waals surface area contributed by atoms with Crippen molar-refractivity contribution in [2.75, 3.05) is 6.54 Å². The maximum atomic E-state index is 12.3. The number of primary amides is 1. The molecule has 1 atom stereocenters. The number of hydrogen-bond donors (Lipinski definition) is 1. The van der Waals surface area contributed by atoms with Crippen LogP contribution in [0.1, 0.15) is 64.9 Å². The van der Waals surface area contributed by atoms with Crippen LogP contribution in [-0.4, -0.2) is 40.3 Å². The lowest BCUT2D eigenvalue weighted by atomic mass is 10.0. The van der Waals surface area contributed by atoms with Crippen LogP contribution in [0.25, 0.3) is 0 Å². The summed E-state index contributed by atoms with van der Waals surface area (Å²) in [5, 5.41) is 0.984. The van der Waals surface area contributed by atoms with Gasteiger partial charge in [0.1, 0.15) is 10.6 Å². The van der Waals surface area contributed by atoms with Crippen LogP contribution in [0, 0.1) is 0 Å². The number of nitrogens with zero attached hydrogens (tertiary/aromatic N) is 2. The Kier molecular flexibility index (Phi) is 8.82. The number of carbonyl (C=O) groups is 2. The Hall–Kier alpha value is -1.35. The molecule has 0 aliphatic carbocycles. The molecule has 1 fully saturated rings. The van der Waals surface area contributed by atoms with Crippen LogP contribution < -0.4 is 5.73 Å². The fourth-order valence-corrected chi connectivity index (χ4v) is 3.77. The van der Waals surface area contributed by atoms with Crippen molar-refractivity contribution in [1.29, 1.82) is 0 Å². The fraction of sp³-hybridized carbons (Fsp3) is 0.706. The van der Waals surface area contributed by atoms with Crippen LogP contribution >= 0.6 is 27.3 Å². The Balaban J connectivity index is 0.000000412. The summed E-state index contributed by atoms with van der Waals surface area (Å²) in [6, 6.07) is 0.0555. The molecular weight excluding hydrogens is 422 g/mol. The number of nitrogens with two attached hydrogens (primary N) is 1. The minimum atomic E-state index is -0.713. The lowest BCUT2D eigenvalue weighted by molar-refractivity contribution is 0.00948. The second-order valence-corrected chi connectivity index (χ2v) is 9.62. The van der Waals surface area contributed by atoms with Gasteiger partial charge in [-0.1, -0.05) is 0 Å². The van der Waals surface area contributed by atoms with Crippen molar-refractivity contribution in [2.24, 2.45) is 5.73 Å².